The standard InChI is InChI=1S/C27H38O6P2/c1-20-14-22(3)28-23(4,15-20)31-26(7,30-22)34(20)13-18-11-9-10-12-19(18)35-21(2)16-24(5)29-25(6,17-21)33-27(35,8)32-24/h9-12H,13-17H2,1-8H3/t20?,21?,22-,23+,24-,25+,26?,27?,34?,35?. The molecule has 0 spiro atoms. The van der Waals surface area contributed by atoms with Gasteiger partial charge in [-0.25, -0.2) is 0 Å². The summed E-state index contributed by atoms with van der Waals surface area (Å²) in [5.74, 6) is -2.35. The lowest BCUT2D eigenvalue weighted by Crippen LogP contribution is -2.72. The third kappa shape index (κ3) is 3.24. The second-order valence-electron chi connectivity index (χ2n) is 13.2. The maximum atomic E-state index is 6.62. The van der Waals surface area contributed by atoms with Gasteiger partial charge in [0.25, 0.3) is 0 Å². The molecular formula is C27H38O6P2. The Hall–Kier alpha value is -0.160. The molecule has 1 aromatic carbocycles. The maximum Gasteiger partial charge on any atom is 0.194 e. The Balaban J connectivity index is 1.29. The van der Waals surface area contributed by atoms with Crippen LogP contribution in [-0.4, -0.2) is 44.5 Å². The summed E-state index contributed by atoms with van der Waals surface area (Å²) >= 11 is 0. The Morgan fingerprint density at radius 2 is 1.06 bits per heavy atom. The number of hydrogen-bond donors (Lipinski definition) is 0. The van der Waals surface area contributed by atoms with Crippen LogP contribution in [0.15, 0.2) is 24.3 Å². The largest absolute Gasteiger partial charge is 0.319 e. The summed E-state index contributed by atoms with van der Waals surface area (Å²) < 4.78 is 39.0. The number of ether oxygens (including phenoxy) is 6. The van der Waals surface area contributed by atoms with E-state index in [4.69, 9.17) is 28.4 Å². The molecule has 10 atom stereocenters. The summed E-state index contributed by atoms with van der Waals surface area (Å²) in [6.45, 7) is 17.5. The van der Waals surface area contributed by atoms with Crippen LogP contribution in [0.4, 0.5) is 0 Å². The molecule has 0 saturated carbocycles. The van der Waals surface area contributed by atoms with Gasteiger partial charge in [-0.2, -0.15) is 0 Å². The highest BCUT2D eigenvalue weighted by Gasteiger charge is 2.73. The van der Waals surface area contributed by atoms with E-state index < -0.39 is 50.0 Å². The molecule has 35 heavy (non-hydrogen) atoms. The summed E-state index contributed by atoms with van der Waals surface area (Å²) in [6.07, 6.45) is 4.55. The molecule has 0 aliphatic carbocycles. The van der Waals surface area contributed by atoms with Gasteiger partial charge in [-0.3, -0.25) is 0 Å². The molecule has 8 fully saturated rings. The quantitative estimate of drug-likeness (QED) is 0.440. The van der Waals surface area contributed by atoms with Crippen LogP contribution in [0.3, 0.4) is 0 Å². The van der Waals surface area contributed by atoms with Crippen LogP contribution in [0.25, 0.3) is 0 Å². The zero-order valence-corrected chi connectivity index (χ0v) is 24.0. The minimum atomic E-state index is -0.765. The highest BCUT2D eigenvalue weighted by molar-refractivity contribution is 7.68. The Bertz CT molecular complexity index is 1030. The highest BCUT2D eigenvalue weighted by Crippen LogP contribution is 2.79. The molecule has 8 saturated heterocycles. The Kier molecular flexibility index (Phi) is 4.45. The first kappa shape index (κ1) is 23.9. The van der Waals surface area contributed by atoms with E-state index >= 15 is 0 Å². The molecule has 6 unspecified atom stereocenters. The Labute approximate surface area is 211 Å². The second-order valence-corrected chi connectivity index (χ2v) is 19.3. The average Bonchev–Trinajstić information content (AvgIpc) is 2.58. The van der Waals surface area contributed by atoms with Gasteiger partial charge in [0.05, 0.1) is 0 Å². The first-order valence-corrected chi connectivity index (χ1v) is 15.8. The van der Waals surface area contributed by atoms with E-state index in [0.29, 0.717) is 0 Å². The van der Waals surface area contributed by atoms with Crippen molar-refractivity contribution in [2.24, 2.45) is 0 Å². The summed E-state index contributed by atoms with van der Waals surface area (Å²) in [7, 11) is -1.40. The highest BCUT2D eigenvalue weighted by atomic mass is 31.1. The van der Waals surface area contributed by atoms with Gasteiger partial charge in [-0.15, -0.1) is 0 Å². The molecule has 6 nitrogen and oxygen atoms in total. The van der Waals surface area contributed by atoms with Crippen molar-refractivity contribution in [2.75, 3.05) is 0 Å². The molecule has 9 rings (SSSR count). The van der Waals surface area contributed by atoms with E-state index in [1.54, 1.807) is 0 Å². The lowest BCUT2D eigenvalue weighted by Gasteiger charge is -2.70. The van der Waals surface area contributed by atoms with Crippen molar-refractivity contribution >= 4 is 21.1 Å². The van der Waals surface area contributed by atoms with E-state index in [9.17, 15) is 0 Å². The number of benzene rings is 1. The average molecular weight is 521 g/mol. The monoisotopic (exact) mass is 520 g/mol. The van der Waals surface area contributed by atoms with Gasteiger partial charge >= 0.3 is 0 Å². The predicted molar refractivity (Wildman–Crippen MR) is 136 cm³/mol. The van der Waals surface area contributed by atoms with E-state index in [0.717, 1.165) is 31.8 Å². The van der Waals surface area contributed by atoms with Crippen LogP contribution >= 0.6 is 15.8 Å². The van der Waals surface area contributed by atoms with E-state index in [1.165, 1.54) is 10.9 Å². The lowest BCUT2D eigenvalue weighted by atomic mass is 9.88. The molecule has 192 valence electrons. The predicted octanol–water partition coefficient (Wildman–Crippen LogP) is 6.25. The summed E-state index contributed by atoms with van der Waals surface area (Å²) in [4.78, 5) is 0. The van der Waals surface area contributed by atoms with Crippen molar-refractivity contribution in [3.63, 3.8) is 0 Å². The molecule has 0 aromatic heterocycles. The van der Waals surface area contributed by atoms with E-state index in [2.05, 4.69) is 79.7 Å². The second kappa shape index (κ2) is 6.52. The molecule has 0 N–H and O–H groups in total. The van der Waals surface area contributed by atoms with Crippen LogP contribution < -0.4 is 5.30 Å². The molecule has 8 heteroatoms. The van der Waals surface area contributed by atoms with Gasteiger partial charge in [-0.05, 0) is 74.4 Å². The summed E-state index contributed by atoms with van der Waals surface area (Å²) in [5.41, 5.74) is 0.0923. The topological polar surface area (TPSA) is 55.4 Å². The van der Waals surface area contributed by atoms with E-state index in [-0.39, 0.29) is 10.3 Å². The Morgan fingerprint density at radius 3 is 1.54 bits per heavy atom. The lowest BCUT2D eigenvalue weighted by molar-refractivity contribution is -0.501. The fourth-order valence-corrected chi connectivity index (χ4v) is 17.3. The van der Waals surface area contributed by atoms with E-state index in [1.807, 2.05) is 0 Å². The summed E-state index contributed by atoms with van der Waals surface area (Å²) in [5, 5.41) is 1.60. The molecule has 8 bridgehead atoms. The van der Waals surface area contributed by atoms with Crippen LogP contribution in [-0.2, 0) is 34.6 Å². The van der Waals surface area contributed by atoms with Crippen LogP contribution in [0, 0.1) is 0 Å². The first-order chi connectivity index (χ1) is 16.0. The van der Waals surface area contributed by atoms with Crippen molar-refractivity contribution in [1.82, 2.24) is 0 Å². The van der Waals surface area contributed by atoms with Crippen LogP contribution in [0.5, 0.6) is 0 Å². The van der Waals surface area contributed by atoms with Gasteiger partial charge in [-0.1, -0.05) is 38.1 Å². The minimum absolute atomic E-state index is 0.0748. The van der Waals surface area contributed by atoms with Crippen molar-refractivity contribution in [2.45, 2.75) is 132 Å². The SMILES string of the molecule is CC12C[C@@]3(C)OC(C)(O[C@@](C)(C1)O3)P2Cc1ccccc1P1C2(C)C[C@@]3(C)OC1(C)O[C@@](C)(C2)O3. The molecular weight excluding hydrogens is 482 g/mol. The smallest absolute Gasteiger partial charge is 0.194 e. The van der Waals surface area contributed by atoms with Crippen molar-refractivity contribution in [3.05, 3.63) is 29.8 Å². The van der Waals surface area contributed by atoms with Crippen LogP contribution in [0.1, 0.15) is 86.6 Å². The minimum Gasteiger partial charge on any atom is -0.319 e. The molecule has 8 heterocycles. The first-order valence-electron chi connectivity index (χ1n) is 12.9. The zero-order chi connectivity index (χ0) is 24.9. The van der Waals surface area contributed by atoms with Gasteiger partial charge in [0.15, 0.2) is 34.2 Å². The number of rotatable bonds is 3. The van der Waals surface area contributed by atoms with Gasteiger partial charge in [0.1, 0.15) is 0 Å². The zero-order valence-electron chi connectivity index (χ0n) is 22.2. The fraction of sp³-hybridized carbons (Fsp3) is 0.778. The number of hydrogen-bond acceptors (Lipinski definition) is 6. The molecule has 0 amide bonds. The van der Waals surface area contributed by atoms with Gasteiger partial charge in [0, 0.05) is 36.0 Å². The van der Waals surface area contributed by atoms with Gasteiger partial charge in [0.2, 0.25) is 0 Å². The van der Waals surface area contributed by atoms with Gasteiger partial charge < -0.3 is 28.4 Å². The fourth-order valence-electron chi connectivity index (χ4n) is 9.23. The Morgan fingerprint density at radius 1 is 0.600 bits per heavy atom. The third-order valence-electron chi connectivity index (χ3n) is 8.94. The van der Waals surface area contributed by atoms with Crippen LogP contribution in [0.2, 0.25) is 0 Å². The molecule has 8 aliphatic rings. The summed E-state index contributed by atoms with van der Waals surface area (Å²) in [6, 6.07) is 8.99. The normalized spacial score (nSPS) is 59.9. The van der Waals surface area contributed by atoms with Crippen molar-refractivity contribution in [3.8, 4) is 0 Å². The van der Waals surface area contributed by atoms with Crippen molar-refractivity contribution in [1.29, 1.82) is 0 Å². The third-order valence-corrected chi connectivity index (χ3v) is 15.7. The molecule has 0 radical (unpaired) electrons. The van der Waals surface area contributed by atoms with Crippen molar-refractivity contribution < 1.29 is 28.4 Å². The maximum absolute atomic E-state index is 6.62. The molecule has 8 aliphatic heterocycles. The molecule has 1 aromatic rings.